The van der Waals surface area contributed by atoms with Gasteiger partial charge in [0.25, 0.3) is 0 Å². The van der Waals surface area contributed by atoms with Crippen LogP contribution < -0.4 is 0 Å². The Morgan fingerprint density at radius 3 is 1.94 bits per heavy atom. The summed E-state index contributed by atoms with van der Waals surface area (Å²) in [5, 5.41) is 0. The normalized spacial score (nSPS) is 15.1. The predicted molar refractivity (Wildman–Crippen MR) is 76.6 cm³/mol. The molecule has 0 aliphatic rings. The second kappa shape index (κ2) is 6.44. The maximum atomic E-state index is 3.79. The second-order valence-electron chi connectivity index (χ2n) is 4.91. The Kier molecular flexibility index (Phi) is 5.54. The molecule has 0 aliphatic heterocycles. The summed E-state index contributed by atoms with van der Waals surface area (Å²) in [7, 11) is 0. The lowest BCUT2D eigenvalue weighted by Crippen LogP contribution is -2.08. The molecule has 1 aromatic carbocycles. The molecule has 0 heterocycles. The average molecular weight is 283 g/mol. The van der Waals surface area contributed by atoms with Crippen LogP contribution in [0.4, 0.5) is 0 Å². The Labute approximate surface area is 109 Å². The number of alkyl halides is 1. The Bertz CT molecular complexity index is 300. The van der Waals surface area contributed by atoms with Gasteiger partial charge in [0.05, 0.1) is 0 Å². The molecule has 0 radical (unpaired) electrons. The van der Waals surface area contributed by atoms with Crippen LogP contribution in [0.2, 0.25) is 0 Å². The molecule has 0 bridgehead atoms. The summed E-state index contributed by atoms with van der Waals surface area (Å²) in [6.07, 6.45) is 2.48. The molecule has 0 N–H and O–H groups in total. The van der Waals surface area contributed by atoms with E-state index in [4.69, 9.17) is 0 Å². The van der Waals surface area contributed by atoms with Gasteiger partial charge in [-0.05, 0) is 29.4 Å². The van der Waals surface area contributed by atoms with Gasteiger partial charge in [-0.1, -0.05) is 74.3 Å². The molecule has 0 saturated carbocycles. The van der Waals surface area contributed by atoms with Gasteiger partial charge in [0.1, 0.15) is 0 Å². The Hall–Kier alpha value is -0.300. The summed E-state index contributed by atoms with van der Waals surface area (Å²) in [5.74, 6) is 1.22. The number of hydrogen-bond acceptors (Lipinski definition) is 0. The highest BCUT2D eigenvalue weighted by molar-refractivity contribution is 9.09. The zero-order chi connectivity index (χ0) is 12.1. The van der Waals surface area contributed by atoms with E-state index in [0.717, 1.165) is 0 Å². The molecule has 2 unspecified atom stereocenters. The van der Waals surface area contributed by atoms with Gasteiger partial charge >= 0.3 is 0 Å². The predicted octanol–water partition coefficient (Wildman–Crippen LogP) is 5.48. The summed E-state index contributed by atoms with van der Waals surface area (Å²) < 4.78 is 0. The van der Waals surface area contributed by atoms with Crippen LogP contribution in [0.25, 0.3) is 0 Å². The van der Waals surface area contributed by atoms with Crippen molar-refractivity contribution in [1.29, 1.82) is 0 Å². The van der Waals surface area contributed by atoms with E-state index < -0.39 is 0 Å². The summed E-state index contributed by atoms with van der Waals surface area (Å²) in [5.41, 5.74) is 2.87. The van der Waals surface area contributed by atoms with Gasteiger partial charge in [-0.25, -0.2) is 0 Å². The third-order valence-electron chi connectivity index (χ3n) is 3.24. The van der Waals surface area contributed by atoms with Crippen LogP contribution in [0.1, 0.15) is 63.5 Å². The lowest BCUT2D eigenvalue weighted by molar-refractivity contribution is 0.651. The molecular formula is C15H23Br. The standard InChI is InChI=1S/C15H23Br/c1-5-6-15(16)12(4)14-9-7-13(8-10-14)11(2)3/h7-12,15H,5-6H2,1-4H3. The maximum absolute atomic E-state index is 3.79. The van der Waals surface area contributed by atoms with Crippen LogP contribution in [0.3, 0.4) is 0 Å². The van der Waals surface area contributed by atoms with Crippen molar-refractivity contribution in [3.8, 4) is 0 Å². The molecule has 0 aliphatic carbocycles. The highest BCUT2D eigenvalue weighted by Crippen LogP contribution is 2.28. The van der Waals surface area contributed by atoms with Crippen LogP contribution in [0.15, 0.2) is 24.3 Å². The van der Waals surface area contributed by atoms with E-state index in [0.29, 0.717) is 16.7 Å². The average Bonchev–Trinajstić information content (AvgIpc) is 2.28. The van der Waals surface area contributed by atoms with Crippen molar-refractivity contribution in [2.75, 3.05) is 0 Å². The molecule has 0 saturated heterocycles. The smallest absolute Gasteiger partial charge is 0.0211 e. The fourth-order valence-electron chi connectivity index (χ4n) is 1.92. The van der Waals surface area contributed by atoms with Crippen molar-refractivity contribution < 1.29 is 0 Å². The zero-order valence-corrected chi connectivity index (χ0v) is 12.4. The largest absolute Gasteiger partial charge is 0.0884 e. The molecule has 0 amide bonds. The fraction of sp³-hybridized carbons (Fsp3) is 0.600. The van der Waals surface area contributed by atoms with E-state index in [2.05, 4.69) is 67.9 Å². The van der Waals surface area contributed by atoms with Gasteiger partial charge in [-0.15, -0.1) is 0 Å². The topological polar surface area (TPSA) is 0 Å². The van der Waals surface area contributed by atoms with Gasteiger partial charge in [0.2, 0.25) is 0 Å². The van der Waals surface area contributed by atoms with Crippen molar-refractivity contribution in [3.05, 3.63) is 35.4 Å². The van der Waals surface area contributed by atoms with Crippen LogP contribution >= 0.6 is 15.9 Å². The van der Waals surface area contributed by atoms with E-state index in [1.54, 1.807) is 0 Å². The van der Waals surface area contributed by atoms with E-state index in [-0.39, 0.29) is 0 Å². The highest BCUT2D eigenvalue weighted by Gasteiger charge is 2.14. The maximum Gasteiger partial charge on any atom is 0.0211 e. The van der Waals surface area contributed by atoms with Crippen molar-refractivity contribution in [2.24, 2.45) is 0 Å². The third-order valence-corrected chi connectivity index (χ3v) is 4.49. The number of benzene rings is 1. The summed E-state index contributed by atoms with van der Waals surface area (Å²) in [6, 6.07) is 9.10. The first-order chi connectivity index (χ1) is 7.56. The van der Waals surface area contributed by atoms with Crippen molar-refractivity contribution in [2.45, 2.75) is 57.2 Å². The molecule has 0 fully saturated rings. The lowest BCUT2D eigenvalue weighted by atomic mass is 9.93. The molecule has 2 atom stereocenters. The van der Waals surface area contributed by atoms with E-state index in [1.165, 1.54) is 24.0 Å². The quantitative estimate of drug-likeness (QED) is 0.628. The van der Waals surface area contributed by atoms with Crippen LogP contribution in [-0.2, 0) is 0 Å². The first-order valence-corrected chi connectivity index (χ1v) is 7.21. The van der Waals surface area contributed by atoms with Crippen molar-refractivity contribution in [3.63, 3.8) is 0 Å². The molecule has 90 valence electrons. The first kappa shape index (κ1) is 13.8. The molecular weight excluding hydrogens is 260 g/mol. The molecule has 1 rings (SSSR count). The zero-order valence-electron chi connectivity index (χ0n) is 10.8. The number of rotatable bonds is 5. The lowest BCUT2D eigenvalue weighted by Gasteiger charge is -2.18. The van der Waals surface area contributed by atoms with E-state index in [1.807, 2.05) is 0 Å². The van der Waals surface area contributed by atoms with Crippen LogP contribution in [0, 0.1) is 0 Å². The summed E-state index contributed by atoms with van der Waals surface area (Å²) in [4.78, 5) is 0.599. The molecule has 1 aromatic rings. The van der Waals surface area contributed by atoms with Gasteiger partial charge < -0.3 is 0 Å². The Morgan fingerprint density at radius 1 is 1.00 bits per heavy atom. The highest BCUT2D eigenvalue weighted by atomic mass is 79.9. The fourth-order valence-corrected chi connectivity index (χ4v) is 2.68. The van der Waals surface area contributed by atoms with E-state index in [9.17, 15) is 0 Å². The van der Waals surface area contributed by atoms with Gasteiger partial charge in [0.15, 0.2) is 0 Å². The molecule has 16 heavy (non-hydrogen) atoms. The minimum Gasteiger partial charge on any atom is -0.0884 e. The Balaban J connectivity index is 2.73. The van der Waals surface area contributed by atoms with Gasteiger partial charge in [-0.2, -0.15) is 0 Å². The minimum atomic E-state index is 0.598. The molecule has 1 heteroatoms. The van der Waals surface area contributed by atoms with Crippen LogP contribution in [-0.4, -0.2) is 4.83 Å². The second-order valence-corrected chi connectivity index (χ2v) is 6.09. The Morgan fingerprint density at radius 2 is 1.50 bits per heavy atom. The molecule has 0 spiro atoms. The van der Waals surface area contributed by atoms with Gasteiger partial charge in [-0.3, -0.25) is 0 Å². The SMILES string of the molecule is CCCC(Br)C(C)c1ccc(C(C)C)cc1. The number of halogens is 1. The van der Waals surface area contributed by atoms with Gasteiger partial charge in [0, 0.05) is 4.83 Å². The first-order valence-electron chi connectivity index (χ1n) is 6.30. The molecule has 0 aromatic heterocycles. The third kappa shape index (κ3) is 3.62. The number of hydrogen-bond donors (Lipinski definition) is 0. The van der Waals surface area contributed by atoms with Crippen LogP contribution in [0.5, 0.6) is 0 Å². The monoisotopic (exact) mass is 282 g/mol. The minimum absolute atomic E-state index is 0.598. The summed E-state index contributed by atoms with van der Waals surface area (Å²) in [6.45, 7) is 9.02. The van der Waals surface area contributed by atoms with Crippen molar-refractivity contribution >= 4 is 15.9 Å². The molecule has 0 nitrogen and oxygen atoms in total. The van der Waals surface area contributed by atoms with E-state index >= 15 is 0 Å². The summed E-state index contributed by atoms with van der Waals surface area (Å²) >= 11 is 3.79. The van der Waals surface area contributed by atoms with Crippen molar-refractivity contribution in [1.82, 2.24) is 0 Å².